The van der Waals surface area contributed by atoms with Crippen LogP contribution in [0.5, 0.6) is 0 Å². The molecule has 1 aromatic heterocycles. The Balaban J connectivity index is 1.97. The van der Waals surface area contributed by atoms with E-state index in [0.717, 1.165) is 13.1 Å². The lowest BCUT2D eigenvalue weighted by Crippen LogP contribution is -2.26. The third-order valence-electron chi connectivity index (χ3n) is 2.89. The highest BCUT2D eigenvalue weighted by Crippen LogP contribution is 2.28. The number of aromatic nitrogens is 1. The molecule has 0 radical (unpaired) electrons. The first-order valence-electron chi connectivity index (χ1n) is 5.81. The lowest BCUT2D eigenvalue weighted by molar-refractivity contribution is 0.260. The molecule has 0 unspecified atom stereocenters. The summed E-state index contributed by atoms with van der Waals surface area (Å²) in [7, 11) is 0. The Morgan fingerprint density at radius 1 is 1.50 bits per heavy atom. The lowest BCUT2D eigenvalue weighted by atomic mass is 10.2. The second kappa shape index (κ2) is 5.09. The van der Waals surface area contributed by atoms with Crippen molar-refractivity contribution < 1.29 is 0 Å². The van der Waals surface area contributed by atoms with E-state index < -0.39 is 0 Å². The molecular weight excluding hydrogens is 198 g/mol. The Hall–Kier alpha value is -1.40. The summed E-state index contributed by atoms with van der Waals surface area (Å²) in [6, 6.07) is 5.10. The SMILES string of the molecule is Cc1cncc(CN(CCC#N)C2CC2)c1. The van der Waals surface area contributed by atoms with Crippen LogP contribution in [0.15, 0.2) is 18.5 Å². The van der Waals surface area contributed by atoms with Crippen molar-refractivity contribution in [2.45, 2.75) is 38.8 Å². The Morgan fingerprint density at radius 2 is 2.31 bits per heavy atom. The van der Waals surface area contributed by atoms with E-state index in [1.807, 2.05) is 12.4 Å². The quantitative estimate of drug-likeness (QED) is 0.756. The summed E-state index contributed by atoms with van der Waals surface area (Å²) in [5.41, 5.74) is 2.46. The maximum Gasteiger partial charge on any atom is 0.0635 e. The second-order valence-electron chi connectivity index (χ2n) is 4.48. The van der Waals surface area contributed by atoms with Gasteiger partial charge in [-0.25, -0.2) is 0 Å². The predicted molar refractivity (Wildman–Crippen MR) is 62.6 cm³/mol. The fourth-order valence-electron chi connectivity index (χ4n) is 1.96. The first-order chi connectivity index (χ1) is 7.79. The van der Waals surface area contributed by atoms with Crippen LogP contribution in [0.25, 0.3) is 0 Å². The van der Waals surface area contributed by atoms with Crippen LogP contribution >= 0.6 is 0 Å². The minimum Gasteiger partial charge on any atom is -0.295 e. The van der Waals surface area contributed by atoms with Crippen molar-refractivity contribution >= 4 is 0 Å². The summed E-state index contributed by atoms with van der Waals surface area (Å²) in [5, 5.41) is 8.64. The monoisotopic (exact) mass is 215 g/mol. The lowest BCUT2D eigenvalue weighted by Gasteiger charge is -2.20. The Kier molecular flexibility index (Phi) is 3.53. The number of rotatable bonds is 5. The van der Waals surface area contributed by atoms with Gasteiger partial charge in [-0.1, -0.05) is 6.07 Å². The summed E-state index contributed by atoms with van der Waals surface area (Å²) in [6.07, 6.45) is 6.99. The molecule has 2 rings (SSSR count). The summed E-state index contributed by atoms with van der Waals surface area (Å²) < 4.78 is 0. The molecule has 1 aliphatic rings. The molecule has 0 spiro atoms. The van der Waals surface area contributed by atoms with Crippen molar-refractivity contribution in [3.05, 3.63) is 29.6 Å². The van der Waals surface area contributed by atoms with Crippen LogP contribution in [0.2, 0.25) is 0 Å². The van der Waals surface area contributed by atoms with Crippen molar-refractivity contribution in [3.8, 4) is 6.07 Å². The van der Waals surface area contributed by atoms with Crippen molar-refractivity contribution in [2.24, 2.45) is 0 Å². The standard InChI is InChI=1S/C13H17N3/c1-11-7-12(9-15-8-11)10-16(6-2-5-14)13-3-4-13/h7-9,13H,2-4,6,10H2,1H3. The van der Waals surface area contributed by atoms with Gasteiger partial charge < -0.3 is 0 Å². The van der Waals surface area contributed by atoms with Crippen LogP contribution in [0.4, 0.5) is 0 Å². The Morgan fingerprint density at radius 3 is 2.94 bits per heavy atom. The van der Waals surface area contributed by atoms with Crippen molar-refractivity contribution in [1.29, 1.82) is 5.26 Å². The first kappa shape index (κ1) is 11.1. The smallest absolute Gasteiger partial charge is 0.0635 e. The van der Waals surface area contributed by atoms with Gasteiger partial charge in [0.25, 0.3) is 0 Å². The van der Waals surface area contributed by atoms with E-state index in [9.17, 15) is 0 Å². The van der Waals surface area contributed by atoms with Crippen molar-refractivity contribution in [1.82, 2.24) is 9.88 Å². The molecular formula is C13H17N3. The highest BCUT2D eigenvalue weighted by molar-refractivity contribution is 5.16. The highest BCUT2D eigenvalue weighted by atomic mass is 15.2. The van der Waals surface area contributed by atoms with E-state index in [1.54, 1.807) is 0 Å². The maximum absolute atomic E-state index is 8.64. The van der Waals surface area contributed by atoms with Crippen LogP contribution in [0.1, 0.15) is 30.4 Å². The highest BCUT2D eigenvalue weighted by Gasteiger charge is 2.28. The zero-order valence-corrected chi connectivity index (χ0v) is 9.69. The summed E-state index contributed by atoms with van der Waals surface area (Å²) in [5.74, 6) is 0. The average molecular weight is 215 g/mol. The number of hydrogen-bond donors (Lipinski definition) is 0. The number of aryl methyl sites for hydroxylation is 1. The predicted octanol–water partition coefficient (Wildman–Crippen LogP) is 2.27. The van der Waals surface area contributed by atoms with Gasteiger partial charge in [-0.3, -0.25) is 9.88 Å². The van der Waals surface area contributed by atoms with Crippen LogP contribution in [-0.2, 0) is 6.54 Å². The molecule has 0 aromatic carbocycles. The minimum absolute atomic E-state index is 0.621. The van der Waals surface area contributed by atoms with E-state index in [0.29, 0.717) is 12.5 Å². The van der Waals surface area contributed by atoms with Crippen LogP contribution in [-0.4, -0.2) is 22.5 Å². The molecule has 3 nitrogen and oxygen atoms in total. The van der Waals surface area contributed by atoms with E-state index in [4.69, 9.17) is 5.26 Å². The normalized spacial score (nSPS) is 15.1. The minimum atomic E-state index is 0.621. The van der Waals surface area contributed by atoms with Gasteiger partial charge in [0, 0.05) is 37.9 Å². The molecule has 3 heteroatoms. The third-order valence-corrected chi connectivity index (χ3v) is 2.89. The van der Waals surface area contributed by atoms with E-state index in [-0.39, 0.29) is 0 Å². The topological polar surface area (TPSA) is 39.9 Å². The number of hydrogen-bond acceptors (Lipinski definition) is 3. The average Bonchev–Trinajstić information content (AvgIpc) is 3.08. The zero-order valence-electron chi connectivity index (χ0n) is 9.69. The van der Waals surface area contributed by atoms with Gasteiger partial charge in [0.1, 0.15) is 0 Å². The van der Waals surface area contributed by atoms with Crippen molar-refractivity contribution in [2.75, 3.05) is 6.54 Å². The summed E-state index contributed by atoms with van der Waals surface area (Å²) >= 11 is 0. The fraction of sp³-hybridized carbons (Fsp3) is 0.538. The molecule has 1 fully saturated rings. The molecule has 84 valence electrons. The molecule has 0 N–H and O–H groups in total. The van der Waals surface area contributed by atoms with Crippen molar-refractivity contribution in [3.63, 3.8) is 0 Å². The van der Waals surface area contributed by atoms with Gasteiger partial charge in [-0.2, -0.15) is 5.26 Å². The first-order valence-corrected chi connectivity index (χ1v) is 5.81. The summed E-state index contributed by atoms with van der Waals surface area (Å²) in [6.45, 7) is 3.88. The largest absolute Gasteiger partial charge is 0.295 e. The summed E-state index contributed by atoms with van der Waals surface area (Å²) in [4.78, 5) is 6.61. The van der Waals surface area contributed by atoms with Gasteiger partial charge >= 0.3 is 0 Å². The van der Waals surface area contributed by atoms with Crippen LogP contribution in [0.3, 0.4) is 0 Å². The molecule has 1 aliphatic carbocycles. The van der Waals surface area contributed by atoms with Crippen LogP contribution < -0.4 is 0 Å². The molecule has 0 saturated heterocycles. The molecule has 0 bridgehead atoms. The molecule has 1 saturated carbocycles. The van der Waals surface area contributed by atoms with Gasteiger partial charge in [0.05, 0.1) is 6.07 Å². The third kappa shape index (κ3) is 3.04. The van der Waals surface area contributed by atoms with E-state index >= 15 is 0 Å². The molecule has 0 atom stereocenters. The molecule has 0 aliphatic heterocycles. The van der Waals surface area contributed by atoms with Gasteiger partial charge in [-0.05, 0) is 30.9 Å². The zero-order chi connectivity index (χ0) is 11.4. The Labute approximate surface area is 96.7 Å². The number of nitriles is 1. The molecule has 16 heavy (non-hydrogen) atoms. The fourth-order valence-corrected chi connectivity index (χ4v) is 1.96. The maximum atomic E-state index is 8.64. The molecule has 0 amide bonds. The Bertz CT molecular complexity index is 390. The van der Waals surface area contributed by atoms with E-state index in [2.05, 4.69) is 28.9 Å². The molecule has 1 heterocycles. The van der Waals surface area contributed by atoms with Gasteiger partial charge in [0.15, 0.2) is 0 Å². The van der Waals surface area contributed by atoms with Gasteiger partial charge in [-0.15, -0.1) is 0 Å². The second-order valence-corrected chi connectivity index (χ2v) is 4.48. The number of pyridine rings is 1. The van der Waals surface area contributed by atoms with Crippen LogP contribution in [0, 0.1) is 18.3 Å². The van der Waals surface area contributed by atoms with E-state index in [1.165, 1.54) is 24.0 Å². The number of nitrogens with zero attached hydrogens (tertiary/aromatic N) is 3. The van der Waals surface area contributed by atoms with Gasteiger partial charge in [0.2, 0.25) is 0 Å². The molecule has 1 aromatic rings.